The number of thioether (sulfide) groups is 1. The molecule has 1 aromatic heterocycles. The Balaban J connectivity index is 2.10. The number of aliphatic hydroxyl groups excluding tert-OH is 1. The zero-order chi connectivity index (χ0) is 14.8. The van der Waals surface area contributed by atoms with Crippen molar-refractivity contribution >= 4 is 33.1 Å². The van der Waals surface area contributed by atoms with Gasteiger partial charge in [0.2, 0.25) is 10.0 Å². The van der Waals surface area contributed by atoms with Crippen LogP contribution in [0.1, 0.15) is 36.1 Å². The largest absolute Gasteiger partial charge is 0.391 e. The van der Waals surface area contributed by atoms with Crippen LogP contribution in [0.2, 0.25) is 0 Å². The Hall–Kier alpha value is -0.0800. The Kier molecular flexibility index (Phi) is 5.53. The summed E-state index contributed by atoms with van der Waals surface area (Å²) in [7, 11) is -3.52. The van der Waals surface area contributed by atoms with Crippen molar-refractivity contribution in [1.82, 2.24) is 4.72 Å². The normalized spacial score (nSPS) is 23.9. The van der Waals surface area contributed by atoms with Crippen molar-refractivity contribution in [3.63, 3.8) is 0 Å². The van der Waals surface area contributed by atoms with Crippen LogP contribution in [-0.4, -0.2) is 31.1 Å². The Morgan fingerprint density at radius 2 is 2.05 bits per heavy atom. The Morgan fingerprint density at radius 3 is 2.60 bits per heavy atom. The van der Waals surface area contributed by atoms with E-state index in [9.17, 15) is 13.5 Å². The molecule has 0 amide bonds. The number of aliphatic hydroxyl groups is 1. The van der Waals surface area contributed by atoms with Crippen LogP contribution in [0.25, 0.3) is 0 Å². The molecular formula is C13H21NO3S3. The van der Waals surface area contributed by atoms with Gasteiger partial charge in [-0.05, 0) is 49.8 Å². The fourth-order valence-electron chi connectivity index (χ4n) is 2.65. The van der Waals surface area contributed by atoms with E-state index in [0.29, 0.717) is 15.7 Å². The first-order valence-corrected chi connectivity index (χ1v) is 10.4. The third-order valence-electron chi connectivity index (χ3n) is 3.73. The average Bonchev–Trinajstić information content (AvgIpc) is 2.81. The number of nitrogens with one attached hydrogen (secondary N) is 1. The summed E-state index contributed by atoms with van der Waals surface area (Å²) in [6, 6.07) is 0.0224. The van der Waals surface area contributed by atoms with Gasteiger partial charge in [-0.15, -0.1) is 11.3 Å². The number of hydrogen-bond acceptors (Lipinski definition) is 5. The summed E-state index contributed by atoms with van der Waals surface area (Å²) in [5, 5.41) is 11.7. The van der Waals surface area contributed by atoms with Gasteiger partial charge in [-0.25, -0.2) is 13.1 Å². The highest BCUT2D eigenvalue weighted by molar-refractivity contribution is 7.99. The molecule has 1 aliphatic rings. The van der Waals surface area contributed by atoms with Crippen molar-refractivity contribution in [2.75, 3.05) is 6.26 Å². The minimum Gasteiger partial charge on any atom is -0.391 e. The molecule has 4 nitrogen and oxygen atoms in total. The lowest BCUT2D eigenvalue weighted by Gasteiger charge is -2.28. The lowest BCUT2D eigenvalue weighted by atomic mass is 9.96. The van der Waals surface area contributed by atoms with Crippen molar-refractivity contribution in [1.29, 1.82) is 0 Å². The topological polar surface area (TPSA) is 66.4 Å². The summed E-state index contributed by atoms with van der Waals surface area (Å²) in [6.45, 7) is 1.54. The maximum Gasteiger partial charge on any atom is 0.242 e. The van der Waals surface area contributed by atoms with Gasteiger partial charge in [-0.1, -0.05) is 0 Å². The van der Waals surface area contributed by atoms with Gasteiger partial charge in [0, 0.05) is 11.3 Å². The monoisotopic (exact) mass is 335 g/mol. The third kappa shape index (κ3) is 3.57. The van der Waals surface area contributed by atoms with E-state index in [1.165, 1.54) is 11.3 Å². The van der Waals surface area contributed by atoms with Gasteiger partial charge in [0.25, 0.3) is 0 Å². The summed E-state index contributed by atoms with van der Waals surface area (Å²) in [5.74, 6) is 0. The summed E-state index contributed by atoms with van der Waals surface area (Å²) < 4.78 is 27.8. The van der Waals surface area contributed by atoms with Gasteiger partial charge < -0.3 is 5.11 Å². The molecule has 1 aliphatic carbocycles. The molecule has 0 aliphatic heterocycles. The van der Waals surface area contributed by atoms with E-state index in [1.807, 2.05) is 11.8 Å². The zero-order valence-corrected chi connectivity index (χ0v) is 14.2. The molecule has 0 unspecified atom stereocenters. The van der Waals surface area contributed by atoms with E-state index in [1.54, 1.807) is 12.3 Å². The molecule has 1 fully saturated rings. The molecule has 114 valence electrons. The Morgan fingerprint density at radius 1 is 1.40 bits per heavy atom. The van der Waals surface area contributed by atoms with Crippen LogP contribution >= 0.6 is 23.1 Å². The molecule has 7 heteroatoms. The van der Waals surface area contributed by atoms with Crippen LogP contribution in [0.4, 0.5) is 0 Å². The van der Waals surface area contributed by atoms with E-state index in [2.05, 4.69) is 11.0 Å². The highest BCUT2D eigenvalue weighted by atomic mass is 32.2. The molecule has 0 spiro atoms. The summed E-state index contributed by atoms with van der Waals surface area (Å²) in [6.07, 6.45) is 6.01. The second kappa shape index (κ2) is 6.79. The van der Waals surface area contributed by atoms with E-state index < -0.39 is 10.0 Å². The molecule has 2 N–H and O–H groups in total. The molecule has 0 aromatic carbocycles. The van der Waals surface area contributed by atoms with Gasteiger partial charge in [0.05, 0.1) is 11.5 Å². The molecule has 0 atom stereocenters. The van der Waals surface area contributed by atoms with Gasteiger partial charge in [-0.3, -0.25) is 0 Å². The third-order valence-corrected chi connectivity index (χ3v) is 7.84. The van der Waals surface area contributed by atoms with Crippen LogP contribution < -0.4 is 4.72 Å². The summed E-state index contributed by atoms with van der Waals surface area (Å²) >= 11 is 3.16. The first-order chi connectivity index (χ1) is 9.47. The fraction of sp³-hybridized carbons (Fsp3) is 0.692. The van der Waals surface area contributed by atoms with Crippen LogP contribution in [0.15, 0.2) is 10.3 Å². The fourth-order valence-corrected chi connectivity index (χ4v) is 6.36. The van der Waals surface area contributed by atoms with Crippen molar-refractivity contribution < 1.29 is 13.5 Å². The van der Waals surface area contributed by atoms with E-state index >= 15 is 0 Å². The number of aryl methyl sites for hydroxylation is 1. The van der Waals surface area contributed by atoms with Crippen molar-refractivity contribution in [2.24, 2.45) is 0 Å². The van der Waals surface area contributed by atoms with Crippen LogP contribution in [0, 0.1) is 6.92 Å². The average molecular weight is 336 g/mol. The van der Waals surface area contributed by atoms with E-state index in [-0.39, 0.29) is 17.5 Å². The quantitative estimate of drug-likeness (QED) is 0.868. The zero-order valence-electron chi connectivity index (χ0n) is 11.8. The minimum absolute atomic E-state index is 0.0224. The van der Waals surface area contributed by atoms with Gasteiger partial charge in [-0.2, -0.15) is 11.8 Å². The molecule has 2 rings (SSSR count). The smallest absolute Gasteiger partial charge is 0.242 e. The maximum atomic E-state index is 12.5. The number of thiophene rings is 1. The predicted octanol–water partition coefficient (Wildman–Crippen LogP) is 2.50. The molecule has 1 heterocycles. The van der Waals surface area contributed by atoms with Crippen molar-refractivity contribution in [2.45, 2.75) is 55.4 Å². The SMILES string of the molecule is CSC1CCC(NS(=O)(=O)c2c(C)csc2CO)CC1. The van der Waals surface area contributed by atoms with E-state index in [0.717, 1.165) is 25.7 Å². The molecule has 0 bridgehead atoms. The number of sulfonamides is 1. The molecule has 20 heavy (non-hydrogen) atoms. The Labute approximate surface area is 129 Å². The second-order valence-corrected chi connectivity index (χ2v) is 8.91. The first-order valence-electron chi connectivity index (χ1n) is 6.71. The van der Waals surface area contributed by atoms with Crippen molar-refractivity contribution in [3.05, 3.63) is 15.8 Å². The number of rotatable bonds is 5. The highest BCUT2D eigenvalue weighted by Gasteiger charge is 2.28. The van der Waals surface area contributed by atoms with E-state index in [4.69, 9.17) is 0 Å². The van der Waals surface area contributed by atoms with Crippen LogP contribution in [0.3, 0.4) is 0 Å². The molecular weight excluding hydrogens is 314 g/mol. The second-order valence-electron chi connectivity index (χ2n) is 5.16. The highest BCUT2D eigenvalue weighted by Crippen LogP contribution is 2.30. The van der Waals surface area contributed by atoms with Crippen LogP contribution in [0.5, 0.6) is 0 Å². The predicted molar refractivity (Wildman–Crippen MR) is 84.9 cm³/mol. The maximum absolute atomic E-state index is 12.5. The minimum atomic E-state index is -3.52. The standard InChI is InChI=1S/C13H21NO3S3/c1-9-8-19-12(7-15)13(9)20(16,17)14-10-3-5-11(18-2)6-4-10/h8,10-11,14-15H,3-7H2,1-2H3. The molecule has 0 radical (unpaired) electrons. The first kappa shape index (κ1) is 16.3. The lowest BCUT2D eigenvalue weighted by molar-refractivity contribution is 0.282. The van der Waals surface area contributed by atoms with Gasteiger partial charge in [0.1, 0.15) is 4.90 Å². The van der Waals surface area contributed by atoms with Crippen molar-refractivity contribution in [3.8, 4) is 0 Å². The Bertz CT molecular complexity index is 545. The molecule has 0 saturated heterocycles. The summed E-state index contributed by atoms with van der Waals surface area (Å²) in [5.41, 5.74) is 0.712. The van der Waals surface area contributed by atoms with Gasteiger partial charge in [0.15, 0.2) is 0 Å². The summed E-state index contributed by atoms with van der Waals surface area (Å²) in [4.78, 5) is 0.796. The lowest BCUT2D eigenvalue weighted by Crippen LogP contribution is -2.38. The van der Waals surface area contributed by atoms with Crippen LogP contribution in [-0.2, 0) is 16.6 Å². The molecule has 1 aromatic rings. The number of hydrogen-bond donors (Lipinski definition) is 2. The molecule has 1 saturated carbocycles. The van der Waals surface area contributed by atoms with Gasteiger partial charge >= 0.3 is 0 Å².